The SMILES string of the molecule is COc1ccc(Cl)c(Nc2nc3ccccc3nc2N(c2cccc(C(=O)N=[N+]=NCc3ccccn3)c2)[SH](=O)=O)c1. The zero-order chi connectivity index (χ0) is 29.5. The van der Waals surface area contributed by atoms with Gasteiger partial charge in [0.05, 0.1) is 45.8 Å². The minimum Gasteiger partial charge on any atom is -0.497 e. The van der Waals surface area contributed by atoms with Crippen LogP contribution in [0.1, 0.15) is 16.1 Å². The number of anilines is 4. The van der Waals surface area contributed by atoms with Crippen LogP contribution in [-0.2, 0) is 17.4 Å². The lowest BCUT2D eigenvalue weighted by atomic mass is 10.2. The molecule has 0 aliphatic carbocycles. The number of methoxy groups -OCH3 is 1. The molecule has 2 aromatic heterocycles. The predicted molar refractivity (Wildman–Crippen MR) is 159 cm³/mol. The number of halogens is 1. The van der Waals surface area contributed by atoms with Crippen LogP contribution in [0.3, 0.4) is 0 Å². The molecular formula is C28H22ClN8O4S+. The summed E-state index contributed by atoms with van der Waals surface area (Å²) < 4.78 is 31.7. The van der Waals surface area contributed by atoms with E-state index in [1.165, 1.54) is 31.4 Å². The van der Waals surface area contributed by atoms with E-state index in [1.807, 2.05) is 6.07 Å². The average molecular weight is 602 g/mol. The van der Waals surface area contributed by atoms with Crippen molar-refractivity contribution in [1.29, 1.82) is 0 Å². The fourth-order valence-corrected chi connectivity index (χ4v) is 4.64. The van der Waals surface area contributed by atoms with Gasteiger partial charge in [-0.3, -0.25) is 9.78 Å². The summed E-state index contributed by atoms with van der Waals surface area (Å²) >= 11 is 6.41. The van der Waals surface area contributed by atoms with Crippen molar-refractivity contribution in [3.63, 3.8) is 0 Å². The van der Waals surface area contributed by atoms with Crippen LogP contribution in [0.25, 0.3) is 11.0 Å². The predicted octanol–water partition coefficient (Wildman–Crippen LogP) is 5.41. The smallest absolute Gasteiger partial charge is 0.360 e. The van der Waals surface area contributed by atoms with Gasteiger partial charge < -0.3 is 10.1 Å². The number of fused-ring (bicyclic) bond motifs is 1. The van der Waals surface area contributed by atoms with E-state index >= 15 is 0 Å². The Morgan fingerprint density at radius 2 is 1.79 bits per heavy atom. The molecule has 2 heterocycles. The van der Waals surface area contributed by atoms with Crippen LogP contribution in [0.5, 0.6) is 5.75 Å². The Labute approximate surface area is 246 Å². The number of carbonyl (C=O) groups excluding carboxylic acids is 1. The number of benzene rings is 3. The summed E-state index contributed by atoms with van der Waals surface area (Å²) in [7, 11) is -1.79. The number of aromatic nitrogens is 3. The molecule has 1 amide bonds. The number of thiol groups is 1. The van der Waals surface area contributed by atoms with Gasteiger partial charge in [-0.2, -0.15) is 0 Å². The maximum absolute atomic E-state index is 12.7. The normalized spacial score (nSPS) is 10.6. The van der Waals surface area contributed by atoms with Crippen molar-refractivity contribution in [2.75, 3.05) is 16.7 Å². The highest BCUT2D eigenvalue weighted by molar-refractivity contribution is 7.74. The van der Waals surface area contributed by atoms with Crippen molar-refractivity contribution in [1.82, 2.24) is 19.9 Å². The molecule has 12 nitrogen and oxygen atoms in total. The van der Waals surface area contributed by atoms with Crippen molar-refractivity contribution in [2.24, 2.45) is 10.2 Å². The van der Waals surface area contributed by atoms with Gasteiger partial charge in [-0.25, -0.2) is 22.7 Å². The first-order valence-electron chi connectivity index (χ1n) is 12.4. The lowest BCUT2D eigenvalue weighted by Gasteiger charge is -2.21. The van der Waals surface area contributed by atoms with Crippen LogP contribution in [0.2, 0.25) is 5.02 Å². The number of ether oxygens (including phenoxy) is 1. The van der Waals surface area contributed by atoms with Crippen LogP contribution >= 0.6 is 11.6 Å². The maximum Gasteiger partial charge on any atom is 0.360 e. The number of nitrogens with one attached hydrogen (secondary N) is 1. The molecule has 5 rings (SSSR count). The molecule has 3 aromatic carbocycles. The number of amides is 1. The van der Waals surface area contributed by atoms with E-state index in [4.69, 9.17) is 16.3 Å². The summed E-state index contributed by atoms with van der Waals surface area (Å²) in [6.45, 7) is 0.149. The van der Waals surface area contributed by atoms with Gasteiger partial charge in [0, 0.05) is 12.3 Å². The van der Waals surface area contributed by atoms with E-state index in [9.17, 15) is 13.2 Å². The van der Waals surface area contributed by atoms with Crippen LogP contribution in [0.4, 0.5) is 23.0 Å². The number of hydrogen-bond donors (Lipinski definition) is 2. The van der Waals surface area contributed by atoms with Crippen LogP contribution < -0.4 is 19.3 Å². The number of pyridine rings is 1. The van der Waals surface area contributed by atoms with Gasteiger partial charge in [0.25, 0.3) is 0 Å². The topological polar surface area (TPSA) is 153 Å². The zero-order valence-electron chi connectivity index (χ0n) is 22.0. The maximum atomic E-state index is 12.7. The first-order chi connectivity index (χ1) is 20.4. The van der Waals surface area contributed by atoms with Crippen molar-refractivity contribution < 1.29 is 17.9 Å². The summed E-state index contributed by atoms with van der Waals surface area (Å²) in [5.74, 6) is -0.127. The number of para-hydroxylation sites is 2. The number of carbonyl (C=O) groups is 1. The second-order valence-electron chi connectivity index (χ2n) is 8.57. The summed E-state index contributed by atoms with van der Waals surface area (Å²) in [5.41, 5.74) is 2.26. The summed E-state index contributed by atoms with van der Waals surface area (Å²) in [4.78, 5) is 29.7. The van der Waals surface area contributed by atoms with Gasteiger partial charge in [0.15, 0.2) is 18.2 Å². The zero-order valence-corrected chi connectivity index (χ0v) is 23.6. The van der Waals surface area contributed by atoms with Crippen LogP contribution in [0, 0.1) is 0 Å². The molecule has 0 unspecified atom stereocenters. The molecular weight excluding hydrogens is 580 g/mol. The van der Waals surface area contributed by atoms with Crippen LogP contribution in [0.15, 0.2) is 101 Å². The Bertz CT molecular complexity index is 1910. The lowest BCUT2D eigenvalue weighted by Crippen LogP contribution is -2.19. The first kappa shape index (κ1) is 28.3. The minimum absolute atomic E-state index is 0.0414. The molecule has 210 valence electrons. The van der Waals surface area contributed by atoms with E-state index in [0.29, 0.717) is 33.2 Å². The lowest BCUT2D eigenvalue weighted by molar-refractivity contribution is 0.0992. The summed E-state index contributed by atoms with van der Waals surface area (Å²) in [5, 5.41) is 10.9. The second-order valence-corrected chi connectivity index (χ2v) is 9.85. The number of nitrogens with zero attached hydrogens (tertiary/aromatic N) is 7. The molecule has 0 bridgehead atoms. The average Bonchev–Trinajstić information content (AvgIpc) is 3.01. The molecule has 0 saturated heterocycles. The van der Waals surface area contributed by atoms with Crippen molar-refractivity contribution in [3.8, 4) is 5.75 Å². The Morgan fingerprint density at radius 3 is 2.52 bits per heavy atom. The molecule has 0 radical (unpaired) electrons. The highest BCUT2D eigenvalue weighted by Gasteiger charge is 2.23. The molecule has 0 atom stereocenters. The van der Waals surface area contributed by atoms with E-state index in [1.54, 1.807) is 60.8 Å². The van der Waals surface area contributed by atoms with Gasteiger partial charge in [0.1, 0.15) is 10.9 Å². The van der Waals surface area contributed by atoms with Crippen molar-refractivity contribution in [3.05, 3.63) is 107 Å². The Morgan fingerprint density at radius 1 is 1.00 bits per heavy atom. The monoisotopic (exact) mass is 601 g/mol. The van der Waals surface area contributed by atoms with Gasteiger partial charge in [0.2, 0.25) is 20.9 Å². The molecule has 14 heteroatoms. The third-order valence-corrected chi connectivity index (χ3v) is 6.91. The standard InChI is InChI=1S/C28H21ClN8O4S/c1-41-21-12-13-22(29)25(16-21)33-26-27(34-24-11-3-2-10-23(24)32-26)37(42(39)40)20-9-6-7-18(15-20)28(38)35-36-31-17-19-8-4-5-14-30-19/h2-16,42H,17H2,1H3/p+1. The molecule has 0 aliphatic heterocycles. The van der Waals surface area contributed by atoms with E-state index < -0.39 is 16.8 Å². The Kier molecular flexibility index (Phi) is 8.73. The minimum atomic E-state index is -3.31. The molecule has 0 aliphatic rings. The second kappa shape index (κ2) is 13.0. The molecule has 0 fully saturated rings. The molecule has 42 heavy (non-hydrogen) atoms. The van der Waals surface area contributed by atoms with Crippen molar-refractivity contribution >= 4 is 62.4 Å². The molecule has 1 N–H and O–H groups in total. The largest absolute Gasteiger partial charge is 0.497 e. The third kappa shape index (κ3) is 6.56. The summed E-state index contributed by atoms with van der Waals surface area (Å²) in [6.07, 6.45) is 1.62. The van der Waals surface area contributed by atoms with Crippen molar-refractivity contribution in [2.45, 2.75) is 6.54 Å². The number of rotatable bonds is 9. The fourth-order valence-electron chi connectivity index (χ4n) is 3.87. The van der Waals surface area contributed by atoms with Gasteiger partial charge in [-0.1, -0.05) is 35.9 Å². The molecule has 0 saturated carbocycles. The summed E-state index contributed by atoms with van der Waals surface area (Å²) in [6, 6.07) is 23.2. The first-order valence-corrected chi connectivity index (χ1v) is 13.9. The molecule has 0 spiro atoms. The van der Waals surface area contributed by atoms with E-state index in [0.717, 1.165) is 4.31 Å². The quantitative estimate of drug-likeness (QED) is 0.129. The van der Waals surface area contributed by atoms with E-state index in [-0.39, 0.29) is 29.4 Å². The number of hydrogen-bond acceptors (Lipinski definition) is 9. The fraction of sp³-hybridized carbons (Fsp3) is 0.0714. The Balaban J connectivity index is 1.53. The Hall–Kier alpha value is -5.23. The highest BCUT2D eigenvalue weighted by Crippen LogP contribution is 2.36. The van der Waals surface area contributed by atoms with Crippen LogP contribution in [-0.4, -0.2) is 36.4 Å². The van der Waals surface area contributed by atoms with Gasteiger partial charge in [-0.15, -0.1) is 0 Å². The molecule has 5 aromatic rings. The van der Waals surface area contributed by atoms with Gasteiger partial charge >= 0.3 is 5.91 Å². The third-order valence-electron chi connectivity index (χ3n) is 5.84. The van der Waals surface area contributed by atoms with E-state index in [2.05, 4.69) is 35.4 Å². The van der Waals surface area contributed by atoms with Gasteiger partial charge in [-0.05, 0) is 54.6 Å². The highest BCUT2D eigenvalue weighted by atomic mass is 35.5.